The number of aryl methyl sites for hydroxylation is 2. The van der Waals surface area contributed by atoms with Crippen LogP contribution in [-0.2, 0) is 9.59 Å². The number of carbonyl (C=O) groups is 2. The van der Waals surface area contributed by atoms with E-state index in [2.05, 4.69) is 15.3 Å². The third-order valence-corrected chi connectivity index (χ3v) is 6.08. The van der Waals surface area contributed by atoms with Gasteiger partial charge in [0.05, 0.1) is 12.8 Å². The molecule has 0 saturated carbocycles. The second kappa shape index (κ2) is 9.73. The van der Waals surface area contributed by atoms with Crippen LogP contribution in [-0.4, -0.2) is 45.3 Å². The van der Waals surface area contributed by atoms with Gasteiger partial charge in [-0.1, -0.05) is 36.4 Å². The molecule has 2 amide bonds. The van der Waals surface area contributed by atoms with E-state index in [-0.39, 0.29) is 24.9 Å². The number of hydrogen-bond donors (Lipinski definition) is 2. The maximum atomic E-state index is 13.0. The molecule has 37 heavy (non-hydrogen) atoms. The molecule has 0 bridgehead atoms. The van der Waals surface area contributed by atoms with Gasteiger partial charge in [0.25, 0.3) is 11.9 Å². The zero-order chi connectivity index (χ0) is 26.1. The molecule has 0 fully saturated rings. The van der Waals surface area contributed by atoms with Gasteiger partial charge in [0.15, 0.2) is 18.1 Å². The lowest BCUT2D eigenvalue weighted by molar-refractivity contribution is -0.120. The van der Waals surface area contributed by atoms with Crippen LogP contribution in [0.4, 0.5) is 5.82 Å². The molecular formula is C27H26N6O4. The van der Waals surface area contributed by atoms with Gasteiger partial charge in [-0.25, -0.2) is 9.97 Å². The minimum Gasteiger partial charge on any atom is -0.493 e. The van der Waals surface area contributed by atoms with Gasteiger partial charge in [-0.05, 0) is 37.6 Å². The van der Waals surface area contributed by atoms with E-state index in [1.807, 2.05) is 62.4 Å². The molecule has 1 aliphatic heterocycles. The van der Waals surface area contributed by atoms with Crippen molar-refractivity contribution in [3.63, 3.8) is 0 Å². The lowest BCUT2D eigenvalue weighted by Gasteiger charge is -2.25. The Labute approximate surface area is 213 Å². The van der Waals surface area contributed by atoms with Crippen LogP contribution >= 0.6 is 0 Å². The molecule has 5 rings (SSSR count). The highest BCUT2D eigenvalue weighted by molar-refractivity contribution is 5.96. The van der Waals surface area contributed by atoms with E-state index in [9.17, 15) is 9.59 Å². The molecule has 10 heteroatoms. The Morgan fingerprint density at radius 2 is 1.81 bits per heavy atom. The Bertz CT molecular complexity index is 1480. The fourth-order valence-electron chi connectivity index (χ4n) is 4.56. The number of nitrogens with two attached hydrogens (primary N) is 1. The van der Waals surface area contributed by atoms with Crippen LogP contribution < -0.4 is 20.5 Å². The highest BCUT2D eigenvalue weighted by atomic mass is 16.5. The summed E-state index contributed by atoms with van der Waals surface area (Å²) in [4.78, 5) is 33.3. The average Bonchev–Trinajstić information content (AvgIpc) is 3.26. The molecule has 1 aliphatic rings. The number of ether oxygens (including phenoxy) is 2. The van der Waals surface area contributed by atoms with Crippen molar-refractivity contribution in [2.24, 2.45) is 5.73 Å². The van der Waals surface area contributed by atoms with Gasteiger partial charge in [-0.2, -0.15) is 9.78 Å². The molecule has 0 radical (unpaired) electrons. The van der Waals surface area contributed by atoms with Crippen LogP contribution in [0.1, 0.15) is 34.9 Å². The SMILES string of the molecule is COc1cc(C2CC(=O)Nc3c2c(-c2ccccc2)nn3-c2nc(C)cc(C)n2)ccc1OCC(N)=O. The first-order chi connectivity index (χ1) is 17.8. The average molecular weight is 499 g/mol. The van der Waals surface area contributed by atoms with E-state index in [0.29, 0.717) is 23.3 Å². The summed E-state index contributed by atoms with van der Waals surface area (Å²) in [6.07, 6.45) is 0.205. The van der Waals surface area contributed by atoms with Gasteiger partial charge in [-0.15, -0.1) is 0 Å². The normalized spacial score (nSPS) is 14.6. The summed E-state index contributed by atoms with van der Waals surface area (Å²) < 4.78 is 12.6. The monoisotopic (exact) mass is 498 g/mol. The number of methoxy groups -OCH3 is 1. The predicted octanol–water partition coefficient (Wildman–Crippen LogP) is 3.29. The lowest BCUT2D eigenvalue weighted by Crippen LogP contribution is -2.25. The smallest absolute Gasteiger partial charge is 0.255 e. The molecule has 2 aromatic heterocycles. The van der Waals surface area contributed by atoms with Crippen molar-refractivity contribution < 1.29 is 19.1 Å². The maximum absolute atomic E-state index is 13.0. The number of amides is 2. The number of primary amides is 1. The molecule has 3 N–H and O–H groups in total. The molecule has 1 unspecified atom stereocenters. The minimum atomic E-state index is -0.590. The first-order valence-corrected chi connectivity index (χ1v) is 11.7. The van der Waals surface area contributed by atoms with Crippen LogP contribution in [0.2, 0.25) is 0 Å². The van der Waals surface area contributed by atoms with Gasteiger partial charge in [-0.3, -0.25) is 9.59 Å². The second-order valence-electron chi connectivity index (χ2n) is 8.81. The fraction of sp³-hybridized carbons (Fsp3) is 0.222. The van der Waals surface area contributed by atoms with Crippen molar-refractivity contribution in [3.05, 3.63) is 77.1 Å². The van der Waals surface area contributed by atoms with Crippen molar-refractivity contribution >= 4 is 17.6 Å². The summed E-state index contributed by atoms with van der Waals surface area (Å²) in [7, 11) is 1.51. The van der Waals surface area contributed by atoms with E-state index in [4.69, 9.17) is 20.3 Å². The molecule has 0 saturated heterocycles. The molecule has 4 aromatic rings. The summed E-state index contributed by atoms with van der Waals surface area (Å²) in [5, 5.41) is 7.91. The molecule has 1 atom stereocenters. The van der Waals surface area contributed by atoms with Crippen molar-refractivity contribution in [2.45, 2.75) is 26.2 Å². The second-order valence-corrected chi connectivity index (χ2v) is 8.81. The molecule has 3 heterocycles. The van der Waals surface area contributed by atoms with Crippen LogP contribution in [0.5, 0.6) is 11.5 Å². The van der Waals surface area contributed by atoms with E-state index in [1.54, 1.807) is 10.7 Å². The number of nitrogens with one attached hydrogen (secondary N) is 1. The highest BCUT2D eigenvalue weighted by Crippen LogP contribution is 2.45. The zero-order valence-electron chi connectivity index (χ0n) is 20.7. The van der Waals surface area contributed by atoms with Gasteiger partial charge in [0.1, 0.15) is 5.82 Å². The zero-order valence-corrected chi connectivity index (χ0v) is 20.7. The third-order valence-electron chi connectivity index (χ3n) is 6.08. The largest absolute Gasteiger partial charge is 0.493 e. The number of aromatic nitrogens is 4. The quantitative estimate of drug-likeness (QED) is 0.399. The molecule has 188 valence electrons. The first-order valence-electron chi connectivity index (χ1n) is 11.7. The maximum Gasteiger partial charge on any atom is 0.255 e. The van der Waals surface area contributed by atoms with E-state index in [1.165, 1.54) is 7.11 Å². The topological polar surface area (TPSA) is 134 Å². The lowest BCUT2D eigenvalue weighted by atomic mass is 9.84. The Balaban J connectivity index is 1.69. The first kappa shape index (κ1) is 24.0. The highest BCUT2D eigenvalue weighted by Gasteiger charge is 2.35. The number of carbonyl (C=O) groups excluding carboxylic acids is 2. The number of anilines is 1. The number of hydrogen-bond acceptors (Lipinski definition) is 7. The Hall–Kier alpha value is -4.73. The summed E-state index contributed by atoms with van der Waals surface area (Å²) >= 11 is 0. The van der Waals surface area contributed by atoms with Crippen LogP contribution in [0.15, 0.2) is 54.6 Å². The molecule has 0 aliphatic carbocycles. The van der Waals surface area contributed by atoms with Crippen molar-refractivity contribution in [1.29, 1.82) is 0 Å². The standard InChI is InChI=1S/C27H26N6O4/c1-15-11-16(2)30-27(29-15)33-26-24(25(32-33)17-7-5-4-6-8-17)19(13-23(35)31-26)18-9-10-20(21(12-18)36-3)37-14-22(28)34/h4-12,19H,13-14H2,1-3H3,(H2,28,34)(H,31,35). The van der Waals surface area contributed by atoms with Crippen molar-refractivity contribution in [1.82, 2.24) is 19.7 Å². The summed E-state index contributed by atoms with van der Waals surface area (Å²) in [5.74, 6) is 0.634. The van der Waals surface area contributed by atoms with Crippen LogP contribution in [0, 0.1) is 13.8 Å². The van der Waals surface area contributed by atoms with E-state index in [0.717, 1.165) is 33.8 Å². The van der Waals surface area contributed by atoms with Crippen molar-refractivity contribution in [2.75, 3.05) is 19.0 Å². The van der Waals surface area contributed by atoms with Crippen LogP contribution in [0.25, 0.3) is 17.2 Å². The number of benzene rings is 2. The van der Waals surface area contributed by atoms with Gasteiger partial charge in [0, 0.05) is 34.9 Å². The Kier molecular flexibility index (Phi) is 6.31. The Morgan fingerprint density at radius 1 is 1.08 bits per heavy atom. The molecule has 10 nitrogen and oxygen atoms in total. The van der Waals surface area contributed by atoms with Gasteiger partial charge < -0.3 is 20.5 Å². The summed E-state index contributed by atoms with van der Waals surface area (Å²) in [6, 6.07) is 17.0. The third kappa shape index (κ3) is 4.73. The number of rotatable bonds is 7. The minimum absolute atomic E-state index is 0.157. The number of fused-ring (bicyclic) bond motifs is 1. The summed E-state index contributed by atoms with van der Waals surface area (Å²) in [6.45, 7) is 3.51. The molecule has 0 spiro atoms. The molecule has 2 aromatic carbocycles. The van der Waals surface area contributed by atoms with Gasteiger partial charge in [0.2, 0.25) is 5.91 Å². The van der Waals surface area contributed by atoms with Crippen molar-refractivity contribution in [3.8, 4) is 28.7 Å². The van der Waals surface area contributed by atoms with E-state index >= 15 is 0 Å². The Morgan fingerprint density at radius 3 is 2.49 bits per heavy atom. The number of nitrogens with zero attached hydrogens (tertiary/aromatic N) is 4. The van der Waals surface area contributed by atoms with Gasteiger partial charge >= 0.3 is 0 Å². The fourth-order valence-corrected chi connectivity index (χ4v) is 4.56. The predicted molar refractivity (Wildman–Crippen MR) is 137 cm³/mol. The molecular weight excluding hydrogens is 472 g/mol. The van der Waals surface area contributed by atoms with E-state index < -0.39 is 5.91 Å². The summed E-state index contributed by atoms with van der Waals surface area (Å²) in [5.41, 5.74) is 10.1. The van der Waals surface area contributed by atoms with Crippen LogP contribution in [0.3, 0.4) is 0 Å².